The molecule has 20 heteroatoms. The number of hydrogen-bond acceptors (Lipinski definition) is 16. The fourth-order valence-corrected chi connectivity index (χ4v) is 8.63. The van der Waals surface area contributed by atoms with Crippen LogP contribution in [-0.2, 0) is 60.3 Å². The van der Waals surface area contributed by atoms with Gasteiger partial charge in [0.15, 0.2) is 0 Å². The van der Waals surface area contributed by atoms with Crippen molar-refractivity contribution in [2.24, 2.45) is 0 Å². The van der Waals surface area contributed by atoms with Gasteiger partial charge in [-0.3, -0.25) is 27.6 Å². The standard InChI is InChI=1S/C18H30O12S6.2Na/c1-11(19)27-15(17(9-35(23)24)29-13(3)21)7-33-31-5-6-32-34-8-16(28-12(2)20)18(10-36(25)26)30-14(4)22;;/h15-18H,5-10H2,1-4H3,(H,23,24)(H,25,26);;/q;2*+1/p-2/t15-,16-,17+,18+;;/m1../s1. The summed E-state index contributed by atoms with van der Waals surface area (Å²) in [5.41, 5.74) is 0. The van der Waals surface area contributed by atoms with E-state index in [0.717, 1.165) is 13.8 Å². The van der Waals surface area contributed by atoms with Crippen LogP contribution in [0.15, 0.2) is 0 Å². The first kappa shape index (κ1) is 43.9. The Labute approximate surface area is 287 Å². The maximum absolute atomic E-state index is 11.4. The SMILES string of the molecule is CC(=O)O[C@@H](CS(=O)[O-])[C@@H](CSSCCSSC[C@@H](OC(C)=O)[C@H](CS(=O)[O-])OC(C)=O)OC(C)=O.[Na+].[Na+]. The van der Waals surface area contributed by atoms with E-state index >= 15 is 0 Å². The molecule has 0 bridgehead atoms. The van der Waals surface area contributed by atoms with E-state index in [9.17, 15) is 36.7 Å². The Bertz CT molecular complexity index is 684. The molecule has 210 valence electrons. The summed E-state index contributed by atoms with van der Waals surface area (Å²) in [6.07, 6.45) is -4.15. The number of carbonyl (C=O) groups excluding carboxylic acids is 4. The third kappa shape index (κ3) is 25.2. The fourth-order valence-electron chi connectivity index (χ4n) is 2.41. The number of ether oxygens (including phenoxy) is 4. The molecule has 0 radical (unpaired) electrons. The molecule has 0 heterocycles. The van der Waals surface area contributed by atoms with Crippen LogP contribution in [-0.4, -0.2) is 100 Å². The smallest absolute Gasteiger partial charge is 0.772 e. The molecule has 0 aromatic carbocycles. The second-order valence-corrected chi connectivity index (χ2v) is 13.9. The fraction of sp³-hybridized carbons (Fsp3) is 0.778. The second kappa shape index (κ2) is 26.2. The Morgan fingerprint density at radius 1 is 0.579 bits per heavy atom. The van der Waals surface area contributed by atoms with Crippen molar-refractivity contribution in [2.45, 2.75) is 52.1 Å². The molecular weight excluding hydrogens is 647 g/mol. The van der Waals surface area contributed by atoms with Crippen molar-refractivity contribution in [1.82, 2.24) is 0 Å². The molecule has 0 spiro atoms. The molecule has 0 aliphatic carbocycles. The van der Waals surface area contributed by atoms with E-state index in [4.69, 9.17) is 18.9 Å². The molecule has 0 fully saturated rings. The van der Waals surface area contributed by atoms with Crippen LogP contribution in [0.25, 0.3) is 0 Å². The zero-order valence-electron chi connectivity index (χ0n) is 21.9. The van der Waals surface area contributed by atoms with Gasteiger partial charge in [-0.15, -0.1) is 0 Å². The number of esters is 4. The van der Waals surface area contributed by atoms with Crippen molar-refractivity contribution in [3.05, 3.63) is 0 Å². The van der Waals surface area contributed by atoms with Gasteiger partial charge in [0.05, 0.1) is 11.5 Å². The maximum atomic E-state index is 11.4. The summed E-state index contributed by atoms with van der Waals surface area (Å²) in [6.45, 7) is 4.59. The molecule has 0 aliphatic heterocycles. The summed E-state index contributed by atoms with van der Waals surface area (Å²) >= 11 is -5.02. The normalized spacial score (nSPS) is 15.2. The molecule has 0 aliphatic rings. The quantitative estimate of drug-likeness (QED) is 0.0317. The van der Waals surface area contributed by atoms with Gasteiger partial charge >= 0.3 is 83.0 Å². The number of carbonyl (C=O) groups is 4. The molecule has 0 aromatic heterocycles. The second-order valence-electron chi connectivity index (χ2n) is 6.75. The van der Waals surface area contributed by atoms with E-state index in [1.54, 1.807) is 0 Å². The largest absolute Gasteiger partial charge is 1.00 e. The monoisotopic (exact) mass is 674 g/mol. The van der Waals surface area contributed by atoms with Gasteiger partial charge in [0.1, 0.15) is 24.4 Å². The van der Waals surface area contributed by atoms with Gasteiger partial charge in [-0.1, -0.05) is 65.3 Å². The average molecular weight is 675 g/mol. The van der Waals surface area contributed by atoms with Crippen molar-refractivity contribution >= 4 is 89.2 Å². The van der Waals surface area contributed by atoms with Gasteiger partial charge in [-0.2, -0.15) is 0 Å². The molecule has 0 saturated carbocycles. The molecular formula is C18H28Na2O12S6. The molecule has 6 atom stereocenters. The Kier molecular flexibility index (Phi) is 30.2. The minimum absolute atomic E-state index is 0. The Morgan fingerprint density at radius 3 is 1.08 bits per heavy atom. The van der Waals surface area contributed by atoms with Crippen molar-refractivity contribution in [1.29, 1.82) is 0 Å². The zero-order chi connectivity index (χ0) is 27.7. The molecule has 12 nitrogen and oxygen atoms in total. The van der Waals surface area contributed by atoms with Crippen LogP contribution in [0.5, 0.6) is 0 Å². The summed E-state index contributed by atoms with van der Waals surface area (Å²) in [4.78, 5) is 45.4. The molecule has 38 heavy (non-hydrogen) atoms. The van der Waals surface area contributed by atoms with Crippen LogP contribution in [0.4, 0.5) is 0 Å². The Balaban J connectivity index is -0.00000612. The van der Waals surface area contributed by atoms with Crippen LogP contribution in [0.2, 0.25) is 0 Å². The van der Waals surface area contributed by atoms with Crippen LogP contribution >= 0.6 is 43.2 Å². The van der Waals surface area contributed by atoms with Crippen molar-refractivity contribution in [2.75, 3.05) is 34.5 Å². The molecule has 2 unspecified atom stereocenters. The summed E-state index contributed by atoms with van der Waals surface area (Å²) in [7, 11) is 5.45. The van der Waals surface area contributed by atoms with Crippen LogP contribution in [0.1, 0.15) is 27.7 Å². The first-order valence-corrected chi connectivity index (χ1v) is 17.6. The van der Waals surface area contributed by atoms with Crippen LogP contribution in [0, 0.1) is 0 Å². The molecule has 0 amide bonds. The van der Waals surface area contributed by atoms with E-state index in [1.165, 1.54) is 57.0 Å². The first-order chi connectivity index (χ1) is 16.8. The van der Waals surface area contributed by atoms with E-state index < -0.39 is 82.0 Å². The van der Waals surface area contributed by atoms with Gasteiger partial charge in [-0.05, 0) is 0 Å². The van der Waals surface area contributed by atoms with Gasteiger partial charge in [0.25, 0.3) is 0 Å². The predicted octanol–water partition coefficient (Wildman–Crippen LogP) is -4.76. The molecule has 0 saturated heterocycles. The van der Waals surface area contributed by atoms with Crippen LogP contribution < -0.4 is 59.1 Å². The number of rotatable bonds is 19. The summed E-state index contributed by atoms with van der Waals surface area (Å²) < 4.78 is 64.6. The Morgan fingerprint density at radius 2 is 0.842 bits per heavy atom. The maximum Gasteiger partial charge on any atom is 1.00 e. The summed E-state index contributed by atoms with van der Waals surface area (Å²) in [5.74, 6) is -2.07. The van der Waals surface area contributed by atoms with E-state index in [2.05, 4.69) is 0 Å². The topological polar surface area (TPSA) is 185 Å². The molecule has 0 rings (SSSR count). The molecule has 0 aromatic rings. The first-order valence-electron chi connectivity index (χ1n) is 10.1. The minimum Gasteiger partial charge on any atom is -0.772 e. The Hall–Kier alpha value is 1.50. The van der Waals surface area contributed by atoms with Gasteiger partial charge < -0.3 is 28.1 Å². The van der Waals surface area contributed by atoms with Gasteiger partial charge in [0, 0.05) is 50.7 Å². The number of hydrogen-bond donors (Lipinski definition) is 0. The third-order valence-corrected chi connectivity index (χ3v) is 9.86. The summed E-state index contributed by atoms with van der Waals surface area (Å²) in [6, 6.07) is 0. The molecule has 0 N–H and O–H groups in total. The van der Waals surface area contributed by atoms with Crippen molar-refractivity contribution < 1.29 is 115 Å². The van der Waals surface area contributed by atoms with Crippen LogP contribution in [0.3, 0.4) is 0 Å². The van der Waals surface area contributed by atoms with Crippen molar-refractivity contribution in [3.63, 3.8) is 0 Å². The summed E-state index contributed by atoms with van der Waals surface area (Å²) in [5, 5.41) is 0. The zero-order valence-corrected chi connectivity index (χ0v) is 30.8. The van der Waals surface area contributed by atoms with Crippen molar-refractivity contribution in [3.8, 4) is 0 Å². The van der Waals surface area contributed by atoms with Gasteiger partial charge in [0.2, 0.25) is 0 Å². The van der Waals surface area contributed by atoms with E-state index in [1.807, 2.05) is 0 Å². The third-order valence-electron chi connectivity index (χ3n) is 3.58. The minimum atomic E-state index is -2.51. The average Bonchev–Trinajstić information content (AvgIpc) is 2.71. The van der Waals surface area contributed by atoms with E-state index in [-0.39, 0.29) is 70.6 Å². The van der Waals surface area contributed by atoms with Gasteiger partial charge in [-0.25, -0.2) is 0 Å². The van der Waals surface area contributed by atoms with E-state index in [0.29, 0.717) is 11.5 Å². The predicted molar refractivity (Wildman–Crippen MR) is 140 cm³/mol.